The van der Waals surface area contributed by atoms with Crippen LogP contribution in [0.4, 0.5) is 10.5 Å². The molecule has 0 bridgehead atoms. The molecule has 0 atom stereocenters. The molecule has 0 spiro atoms. The number of hydrogen-bond acceptors (Lipinski definition) is 2. The lowest BCUT2D eigenvalue weighted by Crippen LogP contribution is -2.19. The average Bonchev–Trinajstić information content (AvgIpc) is 1.88. The molecule has 0 aliphatic rings. The highest BCUT2D eigenvalue weighted by Crippen LogP contribution is 1.99. The summed E-state index contributed by atoms with van der Waals surface area (Å²) in [6.07, 6.45) is 2.98. The van der Waals surface area contributed by atoms with Gasteiger partial charge in [-0.1, -0.05) is 0 Å². The fourth-order valence-electron chi connectivity index (χ4n) is 0.536. The fourth-order valence-corrected chi connectivity index (χ4v) is 0.536. The lowest BCUT2D eigenvalue weighted by atomic mass is 10.4. The number of aromatic nitrogens is 1. The quantitative estimate of drug-likeness (QED) is 0.585. The molecular weight excluding hydrogens is 130 g/mol. The van der Waals surface area contributed by atoms with Gasteiger partial charge in [0.2, 0.25) is 0 Å². The van der Waals surface area contributed by atoms with E-state index >= 15 is 0 Å². The van der Waals surface area contributed by atoms with E-state index in [4.69, 9.17) is 5.73 Å². The fraction of sp³-hybridized carbons (Fsp3) is 0. The number of nitrogens with two attached hydrogens (primary N) is 1. The monoisotopic (exact) mass is 136 g/mol. The van der Waals surface area contributed by atoms with Gasteiger partial charge in [0.15, 0.2) is 0 Å². The first-order chi connectivity index (χ1) is 4.79. The molecule has 1 aromatic heterocycles. The number of nitrogens with zero attached hydrogens (tertiary/aromatic N) is 1. The van der Waals surface area contributed by atoms with E-state index in [-0.39, 0.29) is 0 Å². The smallest absolute Gasteiger partial charge is 0.316 e. The summed E-state index contributed by atoms with van der Waals surface area (Å²) in [5.41, 5.74) is 5.38. The number of carbonyl (C=O) groups excluding carboxylic acids is 1. The molecule has 2 amide bonds. The third-order valence-electron chi connectivity index (χ3n) is 0.869. The molecule has 1 heterocycles. The summed E-state index contributed by atoms with van der Waals surface area (Å²) in [5.74, 6) is 0. The summed E-state index contributed by atoms with van der Waals surface area (Å²) in [5, 5.41) is 2.35. The highest BCUT2D eigenvalue weighted by atomic mass is 16.2. The summed E-state index contributed by atoms with van der Waals surface area (Å²) in [4.78, 5) is 14.0. The Hall–Kier alpha value is -1.58. The second kappa shape index (κ2) is 2.82. The van der Waals surface area contributed by atoms with Gasteiger partial charge in [0, 0.05) is 12.3 Å². The summed E-state index contributed by atoms with van der Waals surface area (Å²) < 4.78 is 0. The maximum absolute atomic E-state index is 10.2. The molecule has 0 aromatic carbocycles. The van der Waals surface area contributed by atoms with Crippen LogP contribution in [0.15, 0.2) is 18.5 Å². The van der Waals surface area contributed by atoms with Crippen molar-refractivity contribution in [1.82, 2.24) is 4.98 Å². The van der Waals surface area contributed by atoms with Crippen molar-refractivity contribution in [2.24, 2.45) is 5.73 Å². The normalized spacial score (nSPS) is 8.80. The van der Waals surface area contributed by atoms with Gasteiger partial charge >= 0.3 is 6.03 Å². The van der Waals surface area contributed by atoms with E-state index in [0.717, 1.165) is 0 Å². The van der Waals surface area contributed by atoms with Gasteiger partial charge in [-0.05, 0) is 6.07 Å². The van der Waals surface area contributed by atoms with Crippen LogP contribution in [0.1, 0.15) is 0 Å². The SMILES string of the molecule is NC(=O)Nc1c[c]cnc1. The van der Waals surface area contributed by atoms with E-state index in [1.807, 2.05) is 0 Å². The van der Waals surface area contributed by atoms with E-state index < -0.39 is 6.03 Å². The van der Waals surface area contributed by atoms with Gasteiger partial charge in [0.1, 0.15) is 0 Å². The number of carbonyl (C=O) groups is 1. The Bertz CT molecular complexity index is 222. The maximum Gasteiger partial charge on any atom is 0.316 e. The van der Waals surface area contributed by atoms with Gasteiger partial charge in [-0.25, -0.2) is 4.79 Å². The number of hydrogen-bond donors (Lipinski definition) is 2. The summed E-state index contributed by atoms with van der Waals surface area (Å²) in [7, 11) is 0. The molecule has 10 heavy (non-hydrogen) atoms. The largest absolute Gasteiger partial charge is 0.351 e. The van der Waals surface area contributed by atoms with Crippen LogP contribution >= 0.6 is 0 Å². The van der Waals surface area contributed by atoms with Crippen molar-refractivity contribution >= 4 is 11.7 Å². The molecule has 4 nitrogen and oxygen atoms in total. The predicted molar refractivity (Wildman–Crippen MR) is 36.3 cm³/mol. The van der Waals surface area contributed by atoms with Crippen molar-refractivity contribution < 1.29 is 4.79 Å². The minimum Gasteiger partial charge on any atom is -0.351 e. The van der Waals surface area contributed by atoms with E-state index in [9.17, 15) is 4.79 Å². The Kier molecular flexibility index (Phi) is 1.84. The van der Waals surface area contributed by atoms with Gasteiger partial charge < -0.3 is 11.1 Å². The first-order valence-electron chi connectivity index (χ1n) is 2.66. The van der Waals surface area contributed by atoms with E-state index in [2.05, 4.69) is 16.4 Å². The number of rotatable bonds is 1. The van der Waals surface area contributed by atoms with Crippen LogP contribution in [-0.2, 0) is 0 Å². The average molecular weight is 136 g/mol. The molecule has 0 unspecified atom stereocenters. The lowest BCUT2D eigenvalue weighted by Gasteiger charge is -1.96. The number of urea groups is 1. The third kappa shape index (κ3) is 1.74. The van der Waals surface area contributed by atoms with Crippen LogP contribution in [-0.4, -0.2) is 11.0 Å². The van der Waals surface area contributed by atoms with Crippen molar-refractivity contribution in [2.75, 3.05) is 5.32 Å². The van der Waals surface area contributed by atoms with Crippen LogP contribution in [0.5, 0.6) is 0 Å². The zero-order valence-electron chi connectivity index (χ0n) is 5.16. The second-order valence-electron chi connectivity index (χ2n) is 1.66. The highest BCUT2D eigenvalue weighted by Gasteiger charge is 1.91. The second-order valence-corrected chi connectivity index (χ2v) is 1.66. The van der Waals surface area contributed by atoms with Crippen molar-refractivity contribution in [3.05, 3.63) is 24.5 Å². The van der Waals surface area contributed by atoms with Crippen LogP contribution in [0.3, 0.4) is 0 Å². The van der Waals surface area contributed by atoms with E-state index in [1.165, 1.54) is 12.4 Å². The molecule has 0 saturated heterocycles. The topological polar surface area (TPSA) is 68.0 Å². The molecule has 0 saturated carbocycles. The minimum absolute atomic E-state index is 0.551. The molecule has 4 heteroatoms. The maximum atomic E-state index is 10.2. The number of anilines is 1. The zero-order valence-corrected chi connectivity index (χ0v) is 5.16. The number of nitrogens with one attached hydrogen (secondary N) is 1. The van der Waals surface area contributed by atoms with E-state index in [1.54, 1.807) is 6.07 Å². The van der Waals surface area contributed by atoms with Gasteiger partial charge in [0.05, 0.1) is 11.9 Å². The molecule has 0 aliphatic heterocycles. The van der Waals surface area contributed by atoms with Crippen LogP contribution < -0.4 is 11.1 Å². The Morgan fingerprint density at radius 2 is 2.60 bits per heavy atom. The summed E-state index contributed by atoms with van der Waals surface area (Å²) in [6.45, 7) is 0. The molecule has 1 aromatic rings. The van der Waals surface area contributed by atoms with Crippen molar-refractivity contribution in [3.63, 3.8) is 0 Å². The highest BCUT2D eigenvalue weighted by molar-refractivity contribution is 5.87. The first kappa shape index (κ1) is 6.54. The summed E-state index contributed by atoms with van der Waals surface area (Å²) >= 11 is 0. The van der Waals surface area contributed by atoms with Crippen molar-refractivity contribution in [3.8, 4) is 0 Å². The summed E-state index contributed by atoms with van der Waals surface area (Å²) in [6, 6.07) is 3.67. The van der Waals surface area contributed by atoms with Crippen LogP contribution in [0, 0.1) is 6.07 Å². The van der Waals surface area contributed by atoms with Gasteiger partial charge in [-0.3, -0.25) is 4.98 Å². The van der Waals surface area contributed by atoms with Gasteiger partial charge in [-0.15, -0.1) is 0 Å². The van der Waals surface area contributed by atoms with Crippen molar-refractivity contribution in [2.45, 2.75) is 0 Å². The molecular formula is C6H6N3O. The first-order valence-corrected chi connectivity index (χ1v) is 2.66. The number of pyridine rings is 1. The molecule has 1 radical (unpaired) electrons. The van der Waals surface area contributed by atoms with Gasteiger partial charge in [0.25, 0.3) is 0 Å². The predicted octanol–water partition coefficient (Wildman–Crippen LogP) is 0.372. The molecule has 3 N–H and O–H groups in total. The van der Waals surface area contributed by atoms with Gasteiger partial charge in [-0.2, -0.15) is 0 Å². The van der Waals surface area contributed by atoms with E-state index in [0.29, 0.717) is 5.69 Å². The Balaban J connectivity index is 2.67. The zero-order chi connectivity index (χ0) is 7.40. The number of amides is 2. The molecule has 0 aliphatic carbocycles. The van der Waals surface area contributed by atoms with Crippen LogP contribution in [0.2, 0.25) is 0 Å². The molecule has 1 rings (SSSR count). The third-order valence-corrected chi connectivity index (χ3v) is 0.869. The van der Waals surface area contributed by atoms with Crippen molar-refractivity contribution in [1.29, 1.82) is 0 Å². The van der Waals surface area contributed by atoms with Crippen LogP contribution in [0.25, 0.3) is 0 Å². The standard InChI is InChI=1S/C6H6N3O/c7-6(10)9-5-2-1-3-8-4-5/h2-4H,(H3,7,9,10). The lowest BCUT2D eigenvalue weighted by molar-refractivity contribution is 0.259. The Labute approximate surface area is 58.1 Å². The molecule has 0 fully saturated rings. The Morgan fingerprint density at radius 1 is 1.80 bits per heavy atom. The molecule has 51 valence electrons. The number of primary amides is 1. The Morgan fingerprint density at radius 3 is 3.10 bits per heavy atom. The minimum atomic E-state index is -0.596.